The maximum Gasteiger partial charge on any atom is 0.262 e. The molecule has 0 saturated heterocycles. The SMILES string of the molecule is NC(Cc1cscn1)C(=O)NCCCCCCNC(=O)c1cccc(NC(=O)c2ccc(CN(C(=O)c3ccc4c(c3)OCC(=O)N4)C3CC3)cc2)c1. The lowest BCUT2D eigenvalue weighted by atomic mass is 10.1. The van der Waals surface area contributed by atoms with Crippen LogP contribution in [0.1, 0.15) is 80.9 Å². The third kappa shape index (κ3) is 10.5. The van der Waals surface area contributed by atoms with E-state index in [0.29, 0.717) is 59.9 Å². The number of anilines is 2. The quantitative estimate of drug-likeness (QED) is 0.0981. The van der Waals surface area contributed by atoms with Crippen molar-refractivity contribution in [2.75, 3.05) is 30.3 Å². The highest BCUT2D eigenvalue weighted by atomic mass is 32.1. The zero-order valence-electron chi connectivity index (χ0n) is 29.3. The van der Waals surface area contributed by atoms with Gasteiger partial charge >= 0.3 is 0 Å². The molecule has 3 aromatic carbocycles. The number of nitrogens with one attached hydrogen (secondary N) is 4. The molecule has 0 spiro atoms. The second-order valence-electron chi connectivity index (χ2n) is 13.2. The standard InChI is InChI=1S/C39H43N7O6S/c40-32(20-30-23-53-24-43-30)38(50)42-17-4-2-1-3-16-41-36(48)27-6-5-7-29(18-27)44-37(49)26-10-8-25(9-11-26)21-46(31-13-14-31)39(51)28-12-15-33-34(19-28)52-22-35(47)45-33/h5-12,15,18-19,23-24,31-32H,1-4,13-14,16-17,20-22,40H2,(H,41,48)(H,42,50)(H,44,49)(H,45,47). The van der Waals surface area contributed by atoms with Crippen LogP contribution in [0.4, 0.5) is 11.4 Å². The Labute approximate surface area is 311 Å². The van der Waals surface area contributed by atoms with Gasteiger partial charge in [-0.2, -0.15) is 0 Å². The van der Waals surface area contributed by atoms with E-state index in [0.717, 1.165) is 49.8 Å². The van der Waals surface area contributed by atoms with Crippen LogP contribution in [0.5, 0.6) is 5.75 Å². The molecule has 53 heavy (non-hydrogen) atoms. The fraction of sp³-hybridized carbons (Fsp3) is 0.333. The average molecular weight is 738 g/mol. The number of hydrogen-bond donors (Lipinski definition) is 5. The van der Waals surface area contributed by atoms with Gasteiger partial charge in [0.25, 0.3) is 23.6 Å². The number of amides is 5. The summed E-state index contributed by atoms with van der Waals surface area (Å²) in [6.45, 7) is 1.36. The van der Waals surface area contributed by atoms with Crippen molar-refractivity contribution in [1.29, 1.82) is 0 Å². The fourth-order valence-corrected chi connectivity index (χ4v) is 6.50. The summed E-state index contributed by atoms with van der Waals surface area (Å²) < 4.78 is 5.50. The number of rotatable bonds is 17. The number of aromatic nitrogens is 1. The maximum atomic E-state index is 13.5. The summed E-state index contributed by atoms with van der Waals surface area (Å²) in [5.41, 5.74) is 11.8. The van der Waals surface area contributed by atoms with Crippen molar-refractivity contribution in [3.8, 4) is 5.75 Å². The molecule has 276 valence electrons. The first-order valence-electron chi connectivity index (χ1n) is 17.8. The molecule has 1 aromatic heterocycles. The number of thiazole rings is 1. The molecule has 1 aliphatic heterocycles. The zero-order valence-corrected chi connectivity index (χ0v) is 30.1. The molecule has 6 N–H and O–H groups in total. The van der Waals surface area contributed by atoms with Crippen LogP contribution in [-0.4, -0.2) is 71.2 Å². The van der Waals surface area contributed by atoms with Gasteiger partial charge in [0.1, 0.15) is 5.75 Å². The van der Waals surface area contributed by atoms with E-state index >= 15 is 0 Å². The number of hydrogen-bond acceptors (Lipinski definition) is 9. The zero-order chi connectivity index (χ0) is 37.2. The van der Waals surface area contributed by atoms with Gasteiger partial charge in [-0.05, 0) is 79.8 Å². The van der Waals surface area contributed by atoms with Gasteiger partial charge in [0.15, 0.2) is 6.61 Å². The van der Waals surface area contributed by atoms with Gasteiger partial charge in [-0.3, -0.25) is 24.0 Å². The summed E-state index contributed by atoms with van der Waals surface area (Å²) in [5.74, 6) is -0.601. The highest BCUT2D eigenvalue weighted by molar-refractivity contribution is 7.07. The molecule has 0 radical (unpaired) electrons. The number of carbonyl (C=O) groups excluding carboxylic acids is 5. The van der Waals surface area contributed by atoms with Crippen molar-refractivity contribution >= 4 is 52.2 Å². The lowest BCUT2D eigenvalue weighted by molar-refractivity contribution is -0.122. The molecule has 0 bridgehead atoms. The average Bonchev–Trinajstić information content (AvgIpc) is 3.89. The predicted molar refractivity (Wildman–Crippen MR) is 202 cm³/mol. The Bertz CT molecular complexity index is 1930. The second-order valence-corrected chi connectivity index (χ2v) is 13.9. The maximum absolute atomic E-state index is 13.5. The van der Waals surface area contributed by atoms with E-state index in [9.17, 15) is 24.0 Å². The van der Waals surface area contributed by atoms with Gasteiger partial charge in [0.2, 0.25) is 5.91 Å². The molecule has 4 aromatic rings. The molecule has 6 rings (SSSR count). The molecule has 14 heteroatoms. The molecule has 1 saturated carbocycles. The second kappa shape index (κ2) is 17.8. The molecular weight excluding hydrogens is 695 g/mol. The Hall–Kier alpha value is -5.60. The van der Waals surface area contributed by atoms with Gasteiger partial charge in [-0.15, -0.1) is 11.3 Å². The topological polar surface area (TPSA) is 185 Å². The van der Waals surface area contributed by atoms with Crippen LogP contribution < -0.4 is 31.7 Å². The Kier molecular flexibility index (Phi) is 12.4. The molecule has 1 unspecified atom stereocenters. The minimum atomic E-state index is -0.614. The number of nitrogens with two attached hydrogens (primary N) is 1. The van der Waals surface area contributed by atoms with Crippen molar-refractivity contribution in [1.82, 2.24) is 20.5 Å². The number of ether oxygens (including phenoxy) is 1. The summed E-state index contributed by atoms with van der Waals surface area (Å²) >= 11 is 1.48. The summed E-state index contributed by atoms with van der Waals surface area (Å²) in [4.78, 5) is 69.2. The highest BCUT2D eigenvalue weighted by Crippen LogP contribution is 2.33. The van der Waals surface area contributed by atoms with E-state index in [4.69, 9.17) is 10.5 Å². The molecular formula is C39H43N7O6S. The summed E-state index contributed by atoms with van der Waals surface area (Å²) in [5, 5.41) is 13.3. The lowest BCUT2D eigenvalue weighted by Gasteiger charge is -2.24. The molecule has 5 amide bonds. The van der Waals surface area contributed by atoms with Crippen LogP contribution in [-0.2, 0) is 22.6 Å². The Morgan fingerprint density at radius 2 is 1.66 bits per heavy atom. The predicted octanol–water partition coefficient (Wildman–Crippen LogP) is 4.51. The van der Waals surface area contributed by atoms with Gasteiger partial charge in [-0.1, -0.05) is 31.0 Å². The monoisotopic (exact) mass is 737 g/mol. The van der Waals surface area contributed by atoms with Crippen LogP contribution in [0, 0.1) is 0 Å². The number of carbonyl (C=O) groups is 5. The van der Waals surface area contributed by atoms with E-state index in [-0.39, 0.29) is 42.2 Å². The Morgan fingerprint density at radius 3 is 2.40 bits per heavy atom. The normalized spacial score (nSPS) is 13.9. The van der Waals surface area contributed by atoms with Crippen molar-refractivity contribution in [2.45, 2.75) is 63.6 Å². The summed E-state index contributed by atoms with van der Waals surface area (Å²) in [6, 6.07) is 18.5. The number of unbranched alkanes of at least 4 members (excludes halogenated alkanes) is 3. The van der Waals surface area contributed by atoms with Crippen LogP contribution in [0.3, 0.4) is 0 Å². The van der Waals surface area contributed by atoms with Crippen LogP contribution in [0.15, 0.2) is 77.6 Å². The summed E-state index contributed by atoms with van der Waals surface area (Å²) in [6.07, 6.45) is 5.70. The molecule has 13 nitrogen and oxygen atoms in total. The van der Waals surface area contributed by atoms with E-state index in [1.807, 2.05) is 22.4 Å². The van der Waals surface area contributed by atoms with Crippen molar-refractivity contribution in [3.05, 3.63) is 106 Å². The molecule has 2 heterocycles. The Morgan fingerprint density at radius 1 is 0.906 bits per heavy atom. The minimum absolute atomic E-state index is 0.0863. The Balaban J connectivity index is 0.912. The van der Waals surface area contributed by atoms with Crippen LogP contribution >= 0.6 is 11.3 Å². The first-order valence-corrected chi connectivity index (χ1v) is 18.7. The van der Waals surface area contributed by atoms with Crippen LogP contribution in [0.2, 0.25) is 0 Å². The number of nitrogens with zero attached hydrogens (tertiary/aromatic N) is 2. The van der Waals surface area contributed by atoms with Crippen molar-refractivity contribution in [3.63, 3.8) is 0 Å². The molecule has 1 fully saturated rings. The third-order valence-corrected chi connectivity index (χ3v) is 9.63. The largest absolute Gasteiger partial charge is 0.482 e. The lowest BCUT2D eigenvalue weighted by Crippen LogP contribution is -2.42. The van der Waals surface area contributed by atoms with Crippen molar-refractivity contribution in [2.24, 2.45) is 5.73 Å². The van der Waals surface area contributed by atoms with Crippen LogP contribution in [0.25, 0.3) is 0 Å². The molecule has 2 aliphatic rings. The van der Waals surface area contributed by atoms with E-state index in [1.165, 1.54) is 11.3 Å². The van der Waals surface area contributed by atoms with Gasteiger partial charge in [0.05, 0.1) is 22.9 Å². The number of benzene rings is 3. The van der Waals surface area contributed by atoms with Gasteiger partial charge < -0.3 is 36.6 Å². The van der Waals surface area contributed by atoms with E-state index in [2.05, 4.69) is 26.3 Å². The number of fused-ring (bicyclic) bond motifs is 1. The van der Waals surface area contributed by atoms with E-state index < -0.39 is 6.04 Å². The fourth-order valence-electron chi connectivity index (χ4n) is 5.93. The van der Waals surface area contributed by atoms with Gasteiger partial charge in [0, 0.05) is 59.9 Å². The molecule has 1 atom stereocenters. The molecule has 1 aliphatic carbocycles. The van der Waals surface area contributed by atoms with Crippen molar-refractivity contribution < 1.29 is 28.7 Å². The smallest absolute Gasteiger partial charge is 0.262 e. The van der Waals surface area contributed by atoms with E-state index in [1.54, 1.807) is 60.1 Å². The minimum Gasteiger partial charge on any atom is -0.482 e. The van der Waals surface area contributed by atoms with Gasteiger partial charge in [-0.25, -0.2) is 4.98 Å². The highest BCUT2D eigenvalue weighted by Gasteiger charge is 2.33. The first kappa shape index (κ1) is 37.2. The summed E-state index contributed by atoms with van der Waals surface area (Å²) in [7, 11) is 0. The third-order valence-electron chi connectivity index (χ3n) is 9.00. The first-order chi connectivity index (χ1) is 25.7.